The monoisotopic (exact) mass is 290 g/mol. The van der Waals surface area contributed by atoms with Crippen molar-refractivity contribution >= 4 is 5.97 Å². The lowest BCUT2D eigenvalue weighted by Crippen LogP contribution is -2.60. The number of methoxy groups -OCH3 is 1. The van der Waals surface area contributed by atoms with Gasteiger partial charge in [-0.3, -0.25) is 9.69 Å². The lowest BCUT2D eigenvalue weighted by molar-refractivity contribution is -0.159. The molecular weight excluding hydrogens is 268 g/mol. The van der Waals surface area contributed by atoms with E-state index in [-0.39, 0.29) is 0 Å². The van der Waals surface area contributed by atoms with E-state index >= 15 is 0 Å². The molecule has 1 aromatic heterocycles. The summed E-state index contributed by atoms with van der Waals surface area (Å²) in [5.41, 5.74) is 0.681. The number of carbonyl (C=O) groups is 1. The number of carboxylic acids is 1. The SMILES string of the molecule is COc1cc(C2CCN(C3(C(=O)O)CCC3)CC2)ccn1. The number of rotatable bonds is 4. The highest BCUT2D eigenvalue weighted by Gasteiger charge is 2.49. The predicted octanol–water partition coefficient (Wildman–Crippen LogP) is 2.28. The minimum atomic E-state index is -0.641. The number of ether oxygens (including phenoxy) is 1. The van der Waals surface area contributed by atoms with E-state index in [0.29, 0.717) is 11.8 Å². The normalized spacial score (nSPS) is 22.5. The number of hydrogen-bond donors (Lipinski definition) is 1. The molecule has 0 radical (unpaired) electrons. The smallest absolute Gasteiger partial charge is 0.324 e. The molecule has 21 heavy (non-hydrogen) atoms. The van der Waals surface area contributed by atoms with Crippen molar-refractivity contribution in [2.45, 2.75) is 43.6 Å². The van der Waals surface area contributed by atoms with Crippen LogP contribution in [0.4, 0.5) is 0 Å². The summed E-state index contributed by atoms with van der Waals surface area (Å²) < 4.78 is 5.18. The molecule has 0 unspecified atom stereocenters. The van der Waals surface area contributed by atoms with Crippen LogP contribution in [0, 0.1) is 0 Å². The highest BCUT2D eigenvalue weighted by atomic mass is 16.5. The fourth-order valence-corrected chi connectivity index (χ4v) is 3.61. The van der Waals surface area contributed by atoms with Crippen LogP contribution in [0.25, 0.3) is 0 Å². The molecule has 5 nitrogen and oxygen atoms in total. The van der Waals surface area contributed by atoms with Gasteiger partial charge in [0, 0.05) is 12.3 Å². The number of likely N-dealkylation sites (tertiary alicyclic amines) is 1. The van der Waals surface area contributed by atoms with Crippen molar-refractivity contribution in [2.75, 3.05) is 20.2 Å². The Balaban J connectivity index is 1.66. The summed E-state index contributed by atoms with van der Waals surface area (Å²) in [4.78, 5) is 17.9. The van der Waals surface area contributed by atoms with Crippen LogP contribution >= 0.6 is 0 Å². The summed E-state index contributed by atoms with van der Waals surface area (Å²) in [5, 5.41) is 9.52. The quantitative estimate of drug-likeness (QED) is 0.921. The molecule has 1 N–H and O–H groups in total. The highest BCUT2D eigenvalue weighted by molar-refractivity contribution is 5.80. The average Bonchev–Trinajstić information content (AvgIpc) is 2.46. The van der Waals surface area contributed by atoms with Crippen LogP contribution in [-0.2, 0) is 4.79 Å². The zero-order chi connectivity index (χ0) is 14.9. The number of aromatic nitrogens is 1. The Morgan fingerprint density at radius 1 is 1.43 bits per heavy atom. The van der Waals surface area contributed by atoms with Crippen LogP contribution in [0.5, 0.6) is 5.88 Å². The molecule has 114 valence electrons. The molecule has 1 aliphatic heterocycles. The van der Waals surface area contributed by atoms with Gasteiger partial charge < -0.3 is 9.84 Å². The Labute approximate surface area is 124 Å². The largest absolute Gasteiger partial charge is 0.481 e. The average molecular weight is 290 g/mol. The Kier molecular flexibility index (Phi) is 3.85. The van der Waals surface area contributed by atoms with Gasteiger partial charge in [-0.1, -0.05) is 0 Å². The van der Waals surface area contributed by atoms with Gasteiger partial charge in [0.1, 0.15) is 5.54 Å². The third-order valence-electron chi connectivity index (χ3n) is 5.12. The number of nitrogens with zero attached hydrogens (tertiary/aromatic N) is 2. The molecule has 0 spiro atoms. The molecule has 1 aromatic rings. The van der Waals surface area contributed by atoms with E-state index in [9.17, 15) is 9.90 Å². The first-order valence-electron chi connectivity index (χ1n) is 7.64. The van der Waals surface area contributed by atoms with Crippen LogP contribution < -0.4 is 4.74 Å². The summed E-state index contributed by atoms with van der Waals surface area (Å²) >= 11 is 0. The van der Waals surface area contributed by atoms with Gasteiger partial charge in [0.15, 0.2) is 0 Å². The van der Waals surface area contributed by atoms with Gasteiger partial charge in [-0.15, -0.1) is 0 Å². The van der Waals surface area contributed by atoms with Crippen LogP contribution in [0.1, 0.15) is 43.6 Å². The number of hydrogen-bond acceptors (Lipinski definition) is 4. The van der Waals surface area contributed by atoms with Crippen LogP contribution in [0.2, 0.25) is 0 Å². The molecule has 0 atom stereocenters. The third kappa shape index (κ3) is 2.50. The number of pyridine rings is 1. The number of piperidine rings is 1. The van der Waals surface area contributed by atoms with Gasteiger partial charge in [0.2, 0.25) is 5.88 Å². The minimum Gasteiger partial charge on any atom is -0.481 e. The van der Waals surface area contributed by atoms with Crippen LogP contribution in [-0.4, -0.2) is 46.7 Å². The summed E-state index contributed by atoms with van der Waals surface area (Å²) in [6.45, 7) is 1.73. The van der Waals surface area contributed by atoms with E-state index in [2.05, 4.69) is 9.88 Å². The van der Waals surface area contributed by atoms with Crippen molar-refractivity contribution in [1.29, 1.82) is 0 Å². The third-order valence-corrected chi connectivity index (χ3v) is 5.12. The van der Waals surface area contributed by atoms with E-state index in [1.165, 1.54) is 5.56 Å². The fourth-order valence-electron chi connectivity index (χ4n) is 3.61. The molecule has 2 fully saturated rings. The topological polar surface area (TPSA) is 62.7 Å². The van der Waals surface area contributed by atoms with Gasteiger partial charge in [0.05, 0.1) is 7.11 Å². The van der Waals surface area contributed by atoms with Gasteiger partial charge >= 0.3 is 5.97 Å². The van der Waals surface area contributed by atoms with Crippen molar-refractivity contribution in [3.8, 4) is 5.88 Å². The molecule has 0 amide bonds. The molecule has 2 heterocycles. The minimum absolute atomic E-state index is 0.476. The Morgan fingerprint density at radius 2 is 2.14 bits per heavy atom. The Bertz CT molecular complexity index is 520. The molecule has 3 rings (SSSR count). The second-order valence-corrected chi connectivity index (χ2v) is 6.08. The summed E-state index contributed by atoms with van der Waals surface area (Å²) in [7, 11) is 1.63. The van der Waals surface area contributed by atoms with E-state index in [4.69, 9.17) is 4.74 Å². The number of carboxylic acid groups (broad SMARTS) is 1. The summed E-state index contributed by atoms with van der Waals surface area (Å²) in [6, 6.07) is 4.04. The van der Waals surface area contributed by atoms with Gasteiger partial charge in [0.25, 0.3) is 0 Å². The predicted molar refractivity (Wildman–Crippen MR) is 78.6 cm³/mol. The van der Waals surface area contributed by atoms with Crippen LogP contribution in [0.3, 0.4) is 0 Å². The molecule has 1 saturated carbocycles. The van der Waals surface area contributed by atoms with Crippen molar-refractivity contribution in [3.63, 3.8) is 0 Å². The first-order valence-corrected chi connectivity index (χ1v) is 7.64. The molecular formula is C16H22N2O3. The molecule has 5 heteroatoms. The van der Waals surface area contributed by atoms with Gasteiger partial charge in [-0.25, -0.2) is 4.98 Å². The molecule has 0 aromatic carbocycles. The summed E-state index contributed by atoms with van der Waals surface area (Å²) in [6.07, 6.45) is 6.43. The lowest BCUT2D eigenvalue weighted by Gasteiger charge is -2.49. The Morgan fingerprint density at radius 3 is 2.67 bits per heavy atom. The first kappa shape index (κ1) is 14.3. The maximum Gasteiger partial charge on any atom is 0.324 e. The second kappa shape index (κ2) is 5.64. The lowest BCUT2D eigenvalue weighted by atomic mass is 9.73. The first-order chi connectivity index (χ1) is 10.2. The van der Waals surface area contributed by atoms with E-state index in [1.54, 1.807) is 13.3 Å². The Hall–Kier alpha value is -1.62. The summed E-state index contributed by atoms with van der Waals surface area (Å²) in [5.74, 6) is 0.484. The maximum absolute atomic E-state index is 11.6. The fraction of sp³-hybridized carbons (Fsp3) is 0.625. The molecule has 1 saturated heterocycles. The standard InChI is InChI=1S/C16H22N2O3/c1-21-14-11-13(3-8-17-14)12-4-9-18(10-5-12)16(15(19)20)6-2-7-16/h3,8,11-12H,2,4-7,9-10H2,1H3,(H,19,20). The van der Waals surface area contributed by atoms with E-state index < -0.39 is 11.5 Å². The van der Waals surface area contributed by atoms with Gasteiger partial charge in [-0.05, 0) is 62.7 Å². The molecule has 1 aliphatic carbocycles. The van der Waals surface area contributed by atoms with Crippen LogP contribution in [0.15, 0.2) is 18.3 Å². The van der Waals surface area contributed by atoms with Crippen molar-refractivity contribution in [2.24, 2.45) is 0 Å². The second-order valence-electron chi connectivity index (χ2n) is 6.08. The van der Waals surface area contributed by atoms with Crippen molar-refractivity contribution in [1.82, 2.24) is 9.88 Å². The van der Waals surface area contributed by atoms with Gasteiger partial charge in [-0.2, -0.15) is 0 Å². The van der Waals surface area contributed by atoms with Crippen molar-refractivity contribution in [3.05, 3.63) is 23.9 Å². The zero-order valence-corrected chi connectivity index (χ0v) is 12.4. The zero-order valence-electron chi connectivity index (χ0n) is 12.4. The van der Waals surface area contributed by atoms with Crippen molar-refractivity contribution < 1.29 is 14.6 Å². The maximum atomic E-state index is 11.6. The van der Waals surface area contributed by atoms with E-state index in [0.717, 1.165) is 45.2 Å². The molecule has 2 aliphatic rings. The van der Waals surface area contributed by atoms with E-state index in [1.807, 2.05) is 12.1 Å². The molecule has 0 bridgehead atoms. The highest BCUT2D eigenvalue weighted by Crippen LogP contribution is 2.41. The number of aliphatic carboxylic acids is 1.